The molecule has 0 aliphatic carbocycles. The quantitative estimate of drug-likeness (QED) is 0.258. The highest BCUT2D eigenvalue weighted by Gasteiger charge is 2.47. The zero-order valence-electron chi connectivity index (χ0n) is 21.3. The van der Waals surface area contributed by atoms with E-state index in [4.69, 9.17) is 14.2 Å². The van der Waals surface area contributed by atoms with Gasteiger partial charge in [0.25, 0.3) is 0 Å². The van der Waals surface area contributed by atoms with Gasteiger partial charge in [0.05, 0.1) is 5.56 Å². The van der Waals surface area contributed by atoms with Crippen LogP contribution in [0.3, 0.4) is 0 Å². The molecule has 0 saturated carbocycles. The normalized spacial score (nSPS) is 18.1. The van der Waals surface area contributed by atoms with E-state index in [1.807, 2.05) is 32.0 Å². The maximum atomic E-state index is 13.4. The summed E-state index contributed by atoms with van der Waals surface area (Å²) >= 11 is 0. The van der Waals surface area contributed by atoms with Crippen LogP contribution in [-0.2, 0) is 16.0 Å². The van der Waals surface area contributed by atoms with E-state index in [-0.39, 0.29) is 5.56 Å². The van der Waals surface area contributed by atoms with Gasteiger partial charge in [0.1, 0.15) is 23.3 Å². The number of carbonyl (C=O) groups excluding carboxylic acids is 1. The van der Waals surface area contributed by atoms with Gasteiger partial charge in [-0.3, -0.25) is 0 Å². The smallest absolute Gasteiger partial charge is 0.338 e. The molecule has 6 heteroatoms. The van der Waals surface area contributed by atoms with Crippen molar-refractivity contribution in [3.05, 3.63) is 94.8 Å². The lowest BCUT2D eigenvalue weighted by Gasteiger charge is -2.43. The maximum Gasteiger partial charge on any atom is 0.338 e. The third kappa shape index (κ3) is 6.05. The largest absolute Gasteiger partial charge is 0.483 e. The summed E-state index contributed by atoms with van der Waals surface area (Å²) in [6, 6.07) is 19.7. The first-order valence-corrected chi connectivity index (χ1v) is 12.5. The molecule has 2 unspecified atom stereocenters. The average molecular weight is 492 g/mol. The van der Waals surface area contributed by atoms with Gasteiger partial charge in [-0.1, -0.05) is 43.2 Å². The number of carbonyl (C=O) groups is 1. The number of rotatable bonds is 9. The first-order chi connectivity index (χ1) is 17.3. The molecule has 190 valence electrons. The van der Waals surface area contributed by atoms with E-state index < -0.39 is 29.6 Å². The summed E-state index contributed by atoms with van der Waals surface area (Å²) in [5, 5.41) is 3.47. The van der Waals surface area contributed by atoms with E-state index >= 15 is 0 Å². The number of anilines is 1. The highest BCUT2D eigenvalue weighted by molar-refractivity contribution is 5.89. The number of unbranched alkanes of at least 4 members (excludes halogenated alkanes) is 1. The summed E-state index contributed by atoms with van der Waals surface area (Å²) < 4.78 is 32.0. The van der Waals surface area contributed by atoms with E-state index in [0.717, 1.165) is 24.1 Å². The molecule has 36 heavy (non-hydrogen) atoms. The Morgan fingerprint density at radius 3 is 2.47 bits per heavy atom. The second-order valence-electron chi connectivity index (χ2n) is 9.78. The highest BCUT2D eigenvalue weighted by Crippen LogP contribution is 2.44. The number of nitrogens with one attached hydrogen (secondary N) is 1. The van der Waals surface area contributed by atoms with Gasteiger partial charge in [-0.05, 0) is 75.2 Å². The Morgan fingerprint density at radius 2 is 1.78 bits per heavy atom. The predicted octanol–water partition coefficient (Wildman–Crippen LogP) is 7.00. The molecule has 4 rings (SSSR count). The Balaban J connectivity index is 1.60. The van der Waals surface area contributed by atoms with Crippen LogP contribution in [-0.4, -0.2) is 24.3 Å². The lowest BCUT2D eigenvalue weighted by atomic mass is 9.87. The minimum Gasteiger partial charge on any atom is -0.483 e. The zero-order chi connectivity index (χ0) is 25.7. The van der Waals surface area contributed by atoms with Crippen molar-refractivity contribution >= 4 is 11.7 Å². The van der Waals surface area contributed by atoms with Crippen LogP contribution in [0.15, 0.2) is 66.7 Å². The molecule has 0 spiro atoms. The van der Waals surface area contributed by atoms with Crippen LogP contribution in [0.1, 0.15) is 66.8 Å². The Morgan fingerprint density at radius 1 is 1.06 bits per heavy atom. The number of hydrogen-bond donors (Lipinski definition) is 1. The number of fused-ring (bicyclic) bond motifs is 1. The van der Waals surface area contributed by atoms with Crippen molar-refractivity contribution in [2.45, 2.75) is 64.9 Å². The fourth-order valence-electron chi connectivity index (χ4n) is 4.26. The van der Waals surface area contributed by atoms with Gasteiger partial charge in [0.2, 0.25) is 0 Å². The topological polar surface area (TPSA) is 56.8 Å². The maximum absolute atomic E-state index is 13.4. The Hall–Kier alpha value is -3.38. The number of benzene rings is 3. The van der Waals surface area contributed by atoms with Gasteiger partial charge in [0, 0.05) is 24.4 Å². The standard InChI is InChI=1S/C30H34FNO4/c1-5-6-17-34-27-25-18-24(32-19-21-9-7-20(2)8-10-21)15-16-26(25)36-30(3,4)28(27)35-29(33)22-11-13-23(31)14-12-22/h7-16,18,27-28,32H,5-6,17,19H2,1-4H3. The number of hydrogen-bond acceptors (Lipinski definition) is 5. The monoisotopic (exact) mass is 491 g/mol. The van der Waals surface area contributed by atoms with Crippen molar-refractivity contribution < 1.29 is 23.4 Å². The van der Waals surface area contributed by atoms with Gasteiger partial charge < -0.3 is 19.5 Å². The summed E-state index contributed by atoms with van der Waals surface area (Å²) in [4.78, 5) is 13.0. The van der Waals surface area contributed by atoms with Crippen molar-refractivity contribution in [3.8, 4) is 5.75 Å². The fourth-order valence-corrected chi connectivity index (χ4v) is 4.26. The van der Waals surface area contributed by atoms with Crippen molar-refractivity contribution in [1.29, 1.82) is 0 Å². The lowest BCUT2D eigenvalue weighted by molar-refractivity contribution is -0.140. The minimum atomic E-state index is -0.837. The lowest BCUT2D eigenvalue weighted by Crippen LogP contribution is -2.51. The molecule has 3 aromatic rings. The summed E-state index contributed by atoms with van der Waals surface area (Å²) in [5.41, 5.74) is 3.59. The predicted molar refractivity (Wildman–Crippen MR) is 139 cm³/mol. The Labute approximate surface area is 212 Å². The SMILES string of the molecule is CCCCOC1c2cc(NCc3ccc(C)cc3)ccc2OC(C)(C)C1OC(=O)c1ccc(F)cc1. The number of esters is 1. The van der Waals surface area contributed by atoms with Crippen molar-refractivity contribution in [3.63, 3.8) is 0 Å². The van der Waals surface area contributed by atoms with E-state index in [0.29, 0.717) is 18.9 Å². The van der Waals surface area contributed by atoms with Crippen molar-refractivity contribution in [2.24, 2.45) is 0 Å². The highest BCUT2D eigenvalue weighted by atomic mass is 19.1. The molecule has 1 aliphatic rings. The summed E-state index contributed by atoms with van der Waals surface area (Å²) in [6.45, 7) is 9.15. The van der Waals surface area contributed by atoms with E-state index in [1.54, 1.807) is 0 Å². The fraction of sp³-hybridized carbons (Fsp3) is 0.367. The van der Waals surface area contributed by atoms with E-state index in [1.165, 1.54) is 35.4 Å². The van der Waals surface area contributed by atoms with Gasteiger partial charge in [-0.25, -0.2) is 9.18 Å². The molecule has 0 amide bonds. The Bertz CT molecular complexity index is 1170. The zero-order valence-corrected chi connectivity index (χ0v) is 21.3. The number of ether oxygens (including phenoxy) is 3. The molecule has 1 aliphatic heterocycles. The van der Waals surface area contributed by atoms with E-state index in [2.05, 4.69) is 43.4 Å². The molecule has 0 bridgehead atoms. The summed E-state index contributed by atoms with van der Waals surface area (Å²) in [5.74, 6) is -0.248. The average Bonchev–Trinajstić information content (AvgIpc) is 2.85. The molecule has 1 heterocycles. The number of halogens is 1. The molecular weight excluding hydrogens is 457 g/mol. The van der Waals surface area contributed by atoms with Crippen LogP contribution in [0.25, 0.3) is 0 Å². The molecule has 0 aromatic heterocycles. The molecule has 2 atom stereocenters. The van der Waals surface area contributed by atoms with E-state index in [9.17, 15) is 9.18 Å². The van der Waals surface area contributed by atoms with Crippen LogP contribution in [0.4, 0.5) is 10.1 Å². The van der Waals surface area contributed by atoms with Crippen LogP contribution >= 0.6 is 0 Å². The van der Waals surface area contributed by atoms with Crippen LogP contribution in [0.2, 0.25) is 0 Å². The summed E-state index contributed by atoms with van der Waals surface area (Å²) in [6.07, 6.45) is 0.655. The van der Waals surface area contributed by atoms with Crippen LogP contribution in [0.5, 0.6) is 5.75 Å². The Kier molecular flexibility index (Phi) is 7.94. The third-order valence-electron chi connectivity index (χ3n) is 6.38. The van der Waals surface area contributed by atoms with Crippen LogP contribution in [0, 0.1) is 12.7 Å². The third-order valence-corrected chi connectivity index (χ3v) is 6.38. The molecule has 3 aromatic carbocycles. The van der Waals surface area contributed by atoms with Gasteiger partial charge >= 0.3 is 5.97 Å². The first kappa shape index (κ1) is 25.7. The first-order valence-electron chi connectivity index (χ1n) is 12.5. The number of aryl methyl sites for hydroxylation is 1. The molecule has 1 N–H and O–H groups in total. The van der Waals surface area contributed by atoms with Gasteiger partial charge in [-0.15, -0.1) is 0 Å². The minimum absolute atomic E-state index is 0.277. The van der Waals surface area contributed by atoms with Crippen molar-refractivity contribution in [2.75, 3.05) is 11.9 Å². The van der Waals surface area contributed by atoms with Crippen LogP contribution < -0.4 is 10.1 Å². The van der Waals surface area contributed by atoms with Gasteiger partial charge in [-0.2, -0.15) is 0 Å². The molecular formula is C30H34FNO4. The summed E-state index contributed by atoms with van der Waals surface area (Å²) in [7, 11) is 0. The molecule has 0 fully saturated rings. The molecule has 5 nitrogen and oxygen atoms in total. The molecule has 0 saturated heterocycles. The molecule has 0 radical (unpaired) electrons. The second kappa shape index (κ2) is 11.1. The van der Waals surface area contributed by atoms with Gasteiger partial charge in [0.15, 0.2) is 6.10 Å². The second-order valence-corrected chi connectivity index (χ2v) is 9.78. The van der Waals surface area contributed by atoms with Crippen molar-refractivity contribution in [1.82, 2.24) is 0 Å².